The summed E-state index contributed by atoms with van der Waals surface area (Å²) in [5.41, 5.74) is 0.453. The first-order valence-electron chi connectivity index (χ1n) is 7.45. The second-order valence-corrected chi connectivity index (χ2v) is 6.47. The van der Waals surface area contributed by atoms with E-state index in [9.17, 15) is 19.5 Å². The van der Waals surface area contributed by atoms with Gasteiger partial charge in [0.1, 0.15) is 11.6 Å². The van der Waals surface area contributed by atoms with E-state index in [-0.39, 0.29) is 30.1 Å². The fourth-order valence-corrected chi connectivity index (χ4v) is 2.89. The first kappa shape index (κ1) is 15.3. The van der Waals surface area contributed by atoms with Gasteiger partial charge in [-0.1, -0.05) is 6.07 Å². The van der Waals surface area contributed by atoms with Gasteiger partial charge in [0.05, 0.1) is 5.56 Å². The number of hydrogen-bond donors (Lipinski definition) is 3. The highest BCUT2D eigenvalue weighted by atomic mass is 16.5. The molecule has 2 aliphatic heterocycles. The topological polar surface area (TPSA) is 105 Å². The summed E-state index contributed by atoms with van der Waals surface area (Å²) in [6.07, 6.45) is 1.06. The predicted molar refractivity (Wildman–Crippen MR) is 80.2 cm³/mol. The molecule has 122 valence electrons. The van der Waals surface area contributed by atoms with E-state index in [2.05, 4.69) is 10.6 Å². The van der Waals surface area contributed by atoms with Crippen molar-refractivity contribution in [1.29, 1.82) is 0 Å². The number of fused-ring (bicyclic) bond motifs is 1. The van der Waals surface area contributed by atoms with Crippen LogP contribution in [0.3, 0.4) is 0 Å². The van der Waals surface area contributed by atoms with Gasteiger partial charge in [-0.25, -0.2) is 0 Å². The minimum Gasteiger partial charge on any atom is -0.504 e. The number of hydrogen-bond acceptors (Lipinski definition) is 5. The van der Waals surface area contributed by atoms with E-state index in [0.29, 0.717) is 12.2 Å². The SMILES string of the molecule is CC1(C)Cc2ccc(C(=O)NC3CCC(=O)NC3=O)c(O)c2O1. The molecule has 1 aromatic rings. The van der Waals surface area contributed by atoms with Crippen LogP contribution < -0.4 is 15.4 Å². The minimum absolute atomic E-state index is 0.0474. The molecule has 1 aromatic carbocycles. The van der Waals surface area contributed by atoms with E-state index < -0.39 is 23.5 Å². The quantitative estimate of drug-likeness (QED) is 0.694. The highest BCUT2D eigenvalue weighted by Gasteiger charge is 2.35. The van der Waals surface area contributed by atoms with Gasteiger partial charge in [-0.3, -0.25) is 19.7 Å². The first-order valence-corrected chi connectivity index (χ1v) is 7.45. The lowest BCUT2D eigenvalue weighted by atomic mass is 10.00. The van der Waals surface area contributed by atoms with Crippen LogP contribution in [-0.4, -0.2) is 34.5 Å². The molecule has 0 saturated carbocycles. The van der Waals surface area contributed by atoms with Crippen molar-refractivity contribution in [2.45, 2.75) is 44.8 Å². The molecule has 7 heteroatoms. The molecule has 1 fully saturated rings. The summed E-state index contributed by atoms with van der Waals surface area (Å²) in [4.78, 5) is 35.1. The smallest absolute Gasteiger partial charge is 0.255 e. The summed E-state index contributed by atoms with van der Waals surface area (Å²) in [5, 5.41) is 15.0. The highest BCUT2D eigenvalue weighted by Crippen LogP contribution is 2.43. The van der Waals surface area contributed by atoms with Crippen LogP contribution >= 0.6 is 0 Å². The Bertz CT molecular complexity index is 711. The van der Waals surface area contributed by atoms with E-state index in [1.54, 1.807) is 6.07 Å². The molecular formula is C16H18N2O5. The van der Waals surface area contributed by atoms with Gasteiger partial charge in [-0.05, 0) is 26.3 Å². The van der Waals surface area contributed by atoms with Gasteiger partial charge >= 0.3 is 0 Å². The zero-order chi connectivity index (χ0) is 16.8. The van der Waals surface area contributed by atoms with Crippen molar-refractivity contribution in [1.82, 2.24) is 10.6 Å². The summed E-state index contributed by atoms with van der Waals surface area (Å²) in [6, 6.07) is 2.47. The maximum Gasteiger partial charge on any atom is 0.255 e. The third-order valence-corrected chi connectivity index (χ3v) is 4.00. The molecule has 0 aliphatic carbocycles. The molecule has 2 aliphatic rings. The average Bonchev–Trinajstić information content (AvgIpc) is 2.77. The number of piperidine rings is 1. The molecule has 0 aromatic heterocycles. The summed E-state index contributed by atoms with van der Waals surface area (Å²) < 4.78 is 5.69. The van der Waals surface area contributed by atoms with E-state index in [0.717, 1.165) is 5.56 Å². The predicted octanol–water partition coefficient (Wildman–Crippen LogP) is 0.641. The largest absolute Gasteiger partial charge is 0.504 e. The number of ether oxygens (including phenoxy) is 1. The molecule has 1 atom stereocenters. The molecule has 0 radical (unpaired) electrons. The highest BCUT2D eigenvalue weighted by molar-refractivity contribution is 6.04. The van der Waals surface area contributed by atoms with Crippen molar-refractivity contribution in [3.05, 3.63) is 23.3 Å². The van der Waals surface area contributed by atoms with Gasteiger partial charge in [0, 0.05) is 18.4 Å². The molecule has 0 bridgehead atoms. The number of nitrogens with one attached hydrogen (secondary N) is 2. The van der Waals surface area contributed by atoms with Crippen molar-refractivity contribution in [2.24, 2.45) is 0 Å². The first-order chi connectivity index (χ1) is 10.8. The van der Waals surface area contributed by atoms with Crippen LogP contribution in [0.1, 0.15) is 42.6 Å². The van der Waals surface area contributed by atoms with Gasteiger partial charge in [0.15, 0.2) is 11.5 Å². The number of carbonyl (C=O) groups is 3. The number of aromatic hydroxyl groups is 1. The summed E-state index contributed by atoms with van der Waals surface area (Å²) in [7, 11) is 0. The van der Waals surface area contributed by atoms with Gasteiger partial charge < -0.3 is 15.2 Å². The third kappa shape index (κ3) is 2.86. The van der Waals surface area contributed by atoms with Crippen LogP contribution in [-0.2, 0) is 16.0 Å². The van der Waals surface area contributed by atoms with E-state index in [4.69, 9.17) is 4.74 Å². The Kier molecular flexibility index (Phi) is 3.50. The number of benzene rings is 1. The van der Waals surface area contributed by atoms with Crippen LogP contribution in [0.15, 0.2) is 12.1 Å². The van der Waals surface area contributed by atoms with E-state index in [1.165, 1.54) is 6.07 Å². The Morgan fingerprint density at radius 2 is 2.13 bits per heavy atom. The summed E-state index contributed by atoms with van der Waals surface area (Å²) >= 11 is 0. The monoisotopic (exact) mass is 318 g/mol. The fraction of sp³-hybridized carbons (Fsp3) is 0.438. The Hall–Kier alpha value is -2.57. The Morgan fingerprint density at radius 3 is 2.83 bits per heavy atom. The fourth-order valence-electron chi connectivity index (χ4n) is 2.89. The number of amides is 3. The van der Waals surface area contributed by atoms with Gasteiger partial charge in [-0.15, -0.1) is 0 Å². The van der Waals surface area contributed by atoms with E-state index in [1.807, 2.05) is 13.8 Å². The molecule has 23 heavy (non-hydrogen) atoms. The van der Waals surface area contributed by atoms with Gasteiger partial charge in [0.25, 0.3) is 5.91 Å². The van der Waals surface area contributed by atoms with Crippen molar-refractivity contribution in [2.75, 3.05) is 0 Å². The molecule has 1 saturated heterocycles. The van der Waals surface area contributed by atoms with Crippen molar-refractivity contribution in [3.8, 4) is 11.5 Å². The zero-order valence-corrected chi connectivity index (χ0v) is 12.9. The van der Waals surface area contributed by atoms with Crippen molar-refractivity contribution >= 4 is 17.7 Å². The molecule has 0 spiro atoms. The molecule has 3 N–H and O–H groups in total. The number of phenolic OH excluding ortho intramolecular Hbond substituents is 1. The lowest BCUT2D eigenvalue weighted by Crippen LogP contribution is -2.52. The van der Waals surface area contributed by atoms with Crippen LogP contribution in [0.4, 0.5) is 0 Å². The maximum absolute atomic E-state index is 12.3. The van der Waals surface area contributed by atoms with Crippen molar-refractivity contribution < 1.29 is 24.2 Å². The van der Waals surface area contributed by atoms with Crippen LogP contribution in [0.25, 0.3) is 0 Å². The normalized spacial score (nSPS) is 22.1. The lowest BCUT2D eigenvalue weighted by molar-refractivity contribution is -0.134. The van der Waals surface area contributed by atoms with Gasteiger partial charge in [0.2, 0.25) is 11.8 Å². The molecule has 1 unspecified atom stereocenters. The molecule has 3 rings (SSSR count). The average molecular weight is 318 g/mol. The van der Waals surface area contributed by atoms with Crippen LogP contribution in [0.2, 0.25) is 0 Å². The summed E-state index contributed by atoms with van der Waals surface area (Å²) in [5.74, 6) is -1.37. The molecule has 7 nitrogen and oxygen atoms in total. The number of carbonyl (C=O) groups excluding carboxylic acids is 3. The Balaban J connectivity index is 1.79. The Morgan fingerprint density at radius 1 is 1.39 bits per heavy atom. The van der Waals surface area contributed by atoms with E-state index >= 15 is 0 Å². The Labute approximate surface area is 133 Å². The van der Waals surface area contributed by atoms with Crippen LogP contribution in [0, 0.1) is 0 Å². The lowest BCUT2D eigenvalue weighted by Gasteiger charge is -2.22. The summed E-state index contributed by atoms with van der Waals surface area (Å²) in [6.45, 7) is 3.80. The number of rotatable bonds is 2. The maximum atomic E-state index is 12.3. The standard InChI is InChI=1S/C16H18N2O5/c1-16(2)7-8-3-4-9(12(20)13(8)23-16)14(21)17-10-5-6-11(19)18-15(10)22/h3-4,10,20H,5-7H2,1-2H3,(H,17,21)(H,18,19,22). The third-order valence-electron chi connectivity index (χ3n) is 4.00. The second-order valence-electron chi connectivity index (χ2n) is 6.47. The molecule has 3 amide bonds. The van der Waals surface area contributed by atoms with Gasteiger partial charge in [-0.2, -0.15) is 0 Å². The minimum atomic E-state index is -0.787. The number of imide groups is 1. The van der Waals surface area contributed by atoms with Crippen LogP contribution in [0.5, 0.6) is 11.5 Å². The second kappa shape index (κ2) is 5.26. The molecule has 2 heterocycles. The van der Waals surface area contributed by atoms with Crippen molar-refractivity contribution in [3.63, 3.8) is 0 Å². The number of phenols is 1. The molecular weight excluding hydrogens is 300 g/mol. The zero-order valence-electron chi connectivity index (χ0n) is 12.9.